The fraction of sp³-hybridized carbons (Fsp3) is 0.294. The Labute approximate surface area is 128 Å². The number of ether oxygens (including phenoxy) is 1. The maximum atomic E-state index is 11.0. The van der Waals surface area contributed by atoms with Gasteiger partial charge in [-0.15, -0.1) is 0 Å². The first-order valence-electron chi connectivity index (χ1n) is 6.51. The molecule has 20 heavy (non-hydrogen) atoms. The molecule has 0 bridgehead atoms. The molecule has 2 rings (SSSR count). The van der Waals surface area contributed by atoms with Gasteiger partial charge in [0.1, 0.15) is 11.4 Å². The minimum absolute atomic E-state index is 0.842. The van der Waals surface area contributed by atoms with Crippen molar-refractivity contribution in [3.8, 4) is 5.75 Å². The predicted molar refractivity (Wildman–Crippen MR) is 85.3 cm³/mol. The number of hydrogen-bond donors (Lipinski definition) is 1. The number of aryl methyl sites for hydroxylation is 2. The molecule has 0 aliphatic carbocycles. The highest BCUT2D eigenvalue weighted by Gasteiger charge is 2.29. The number of methoxy groups -OCH3 is 1. The molecule has 106 valence electrons. The minimum atomic E-state index is -1.05. The van der Waals surface area contributed by atoms with E-state index in [1.807, 2.05) is 57.2 Å². The van der Waals surface area contributed by atoms with E-state index >= 15 is 0 Å². The third kappa shape index (κ3) is 2.60. The molecule has 2 aromatic rings. The molecular formula is C17H19BrO2. The van der Waals surface area contributed by atoms with Crippen molar-refractivity contribution in [3.63, 3.8) is 0 Å². The van der Waals surface area contributed by atoms with Crippen LogP contribution in [-0.2, 0) is 5.60 Å². The molecule has 1 atom stereocenters. The van der Waals surface area contributed by atoms with Crippen LogP contribution in [0.25, 0.3) is 0 Å². The van der Waals surface area contributed by atoms with Crippen LogP contribution in [0, 0.1) is 13.8 Å². The second-order valence-electron chi connectivity index (χ2n) is 5.19. The van der Waals surface area contributed by atoms with E-state index < -0.39 is 5.60 Å². The summed E-state index contributed by atoms with van der Waals surface area (Å²) in [5.74, 6) is 0.842. The van der Waals surface area contributed by atoms with Crippen LogP contribution in [0.4, 0.5) is 0 Å². The maximum absolute atomic E-state index is 11.0. The van der Waals surface area contributed by atoms with Crippen molar-refractivity contribution >= 4 is 15.9 Å². The lowest BCUT2D eigenvalue weighted by atomic mass is 9.84. The van der Waals surface area contributed by atoms with E-state index in [1.54, 1.807) is 7.11 Å². The zero-order valence-electron chi connectivity index (χ0n) is 12.2. The third-order valence-corrected chi connectivity index (χ3v) is 4.36. The monoisotopic (exact) mass is 334 g/mol. The van der Waals surface area contributed by atoms with Crippen molar-refractivity contribution in [2.75, 3.05) is 7.11 Å². The summed E-state index contributed by atoms with van der Waals surface area (Å²) in [6, 6.07) is 11.7. The zero-order chi connectivity index (χ0) is 14.9. The Bertz CT molecular complexity index is 633. The second-order valence-corrected chi connectivity index (χ2v) is 6.04. The molecule has 0 aromatic heterocycles. The maximum Gasteiger partial charge on any atom is 0.122 e. The molecule has 1 unspecified atom stereocenters. The van der Waals surface area contributed by atoms with E-state index in [2.05, 4.69) is 15.9 Å². The van der Waals surface area contributed by atoms with Crippen LogP contribution in [0.2, 0.25) is 0 Å². The highest BCUT2D eigenvalue weighted by molar-refractivity contribution is 9.10. The summed E-state index contributed by atoms with van der Waals surface area (Å²) in [6.45, 7) is 5.79. The van der Waals surface area contributed by atoms with Crippen molar-refractivity contribution in [2.24, 2.45) is 0 Å². The molecule has 0 radical (unpaired) electrons. The van der Waals surface area contributed by atoms with Gasteiger partial charge in [-0.25, -0.2) is 0 Å². The molecule has 0 amide bonds. The standard InChI is InChI=1S/C17H19BrO2/c1-11-10-16(20-4)12(2)9-14(11)17(3,19)13-7-5-6-8-15(13)18/h5-10,19H,1-4H3. The molecule has 0 saturated heterocycles. The average molecular weight is 335 g/mol. The molecule has 0 heterocycles. The summed E-state index contributed by atoms with van der Waals surface area (Å²) in [7, 11) is 1.66. The number of rotatable bonds is 3. The first-order chi connectivity index (χ1) is 9.37. The normalized spacial score (nSPS) is 13.9. The summed E-state index contributed by atoms with van der Waals surface area (Å²) >= 11 is 3.52. The van der Waals surface area contributed by atoms with Crippen molar-refractivity contribution in [1.29, 1.82) is 0 Å². The minimum Gasteiger partial charge on any atom is -0.496 e. The van der Waals surface area contributed by atoms with Gasteiger partial charge in [0.25, 0.3) is 0 Å². The molecule has 0 aliphatic heterocycles. The van der Waals surface area contributed by atoms with Gasteiger partial charge in [0.15, 0.2) is 0 Å². The quantitative estimate of drug-likeness (QED) is 0.905. The Morgan fingerprint density at radius 1 is 1.05 bits per heavy atom. The number of benzene rings is 2. The van der Waals surface area contributed by atoms with Crippen LogP contribution in [0.3, 0.4) is 0 Å². The Morgan fingerprint density at radius 3 is 2.30 bits per heavy atom. The molecular weight excluding hydrogens is 316 g/mol. The number of halogens is 1. The molecule has 2 aromatic carbocycles. The molecule has 0 saturated carbocycles. The SMILES string of the molecule is COc1cc(C)c(C(C)(O)c2ccccc2Br)cc1C. The summed E-state index contributed by atoms with van der Waals surface area (Å²) in [5.41, 5.74) is 2.71. The topological polar surface area (TPSA) is 29.5 Å². The van der Waals surface area contributed by atoms with E-state index in [1.165, 1.54) is 0 Å². The molecule has 0 fully saturated rings. The van der Waals surface area contributed by atoms with Gasteiger partial charge in [-0.3, -0.25) is 0 Å². The van der Waals surface area contributed by atoms with E-state index in [0.717, 1.165) is 32.5 Å². The van der Waals surface area contributed by atoms with Gasteiger partial charge in [-0.05, 0) is 55.7 Å². The van der Waals surface area contributed by atoms with E-state index in [0.29, 0.717) is 0 Å². The average Bonchev–Trinajstić information content (AvgIpc) is 2.41. The van der Waals surface area contributed by atoms with Crippen LogP contribution >= 0.6 is 15.9 Å². The summed E-state index contributed by atoms with van der Waals surface area (Å²) < 4.78 is 6.23. The predicted octanol–water partition coefficient (Wildman–Crippen LogP) is 4.33. The first kappa shape index (κ1) is 15.1. The smallest absolute Gasteiger partial charge is 0.122 e. The Kier molecular flexibility index (Phi) is 4.21. The summed E-state index contributed by atoms with van der Waals surface area (Å²) in [4.78, 5) is 0. The van der Waals surface area contributed by atoms with Gasteiger partial charge < -0.3 is 9.84 Å². The van der Waals surface area contributed by atoms with Gasteiger partial charge in [0.2, 0.25) is 0 Å². The van der Waals surface area contributed by atoms with Crippen LogP contribution in [-0.4, -0.2) is 12.2 Å². The van der Waals surface area contributed by atoms with Crippen molar-refractivity contribution in [3.05, 3.63) is 63.1 Å². The van der Waals surface area contributed by atoms with E-state index in [4.69, 9.17) is 4.74 Å². The van der Waals surface area contributed by atoms with Crippen LogP contribution in [0.1, 0.15) is 29.2 Å². The molecule has 3 heteroatoms. The van der Waals surface area contributed by atoms with Gasteiger partial charge in [0.05, 0.1) is 7.11 Å². The highest BCUT2D eigenvalue weighted by Crippen LogP contribution is 2.37. The second kappa shape index (κ2) is 5.58. The molecule has 0 spiro atoms. The van der Waals surface area contributed by atoms with Crippen LogP contribution in [0.5, 0.6) is 5.75 Å². The number of aliphatic hydroxyl groups is 1. The fourth-order valence-corrected chi connectivity index (χ4v) is 3.21. The van der Waals surface area contributed by atoms with E-state index in [9.17, 15) is 5.11 Å². The van der Waals surface area contributed by atoms with Gasteiger partial charge >= 0.3 is 0 Å². The molecule has 0 aliphatic rings. The van der Waals surface area contributed by atoms with Crippen molar-refractivity contribution < 1.29 is 9.84 Å². The Hall–Kier alpha value is -1.32. The summed E-state index contributed by atoms with van der Waals surface area (Å²) in [5, 5.41) is 11.0. The largest absolute Gasteiger partial charge is 0.496 e. The fourth-order valence-electron chi connectivity index (χ4n) is 2.54. The van der Waals surface area contributed by atoms with Crippen molar-refractivity contribution in [2.45, 2.75) is 26.4 Å². The van der Waals surface area contributed by atoms with E-state index in [-0.39, 0.29) is 0 Å². The van der Waals surface area contributed by atoms with Gasteiger partial charge in [0, 0.05) is 10.0 Å². The Morgan fingerprint density at radius 2 is 1.70 bits per heavy atom. The Balaban J connectivity index is 2.61. The lowest BCUT2D eigenvalue weighted by Crippen LogP contribution is -2.24. The zero-order valence-corrected chi connectivity index (χ0v) is 13.8. The highest BCUT2D eigenvalue weighted by atomic mass is 79.9. The number of hydrogen-bond acceptors (Lipinski definition) is 2. The third-order valence-electron chi connectivity index (χ3n) is 3.66. The summed E-state index contributed by atoms with van der Waals surface area (Å²) in [6.07, 6.45) is 0. The van der Waals surface area contributed by atoms with Gasteiger partial charge in [-0.2, -0.15) is 0 Å². The molecule has 2 nitrogen and oxygen atoms in total. The van der Waals surface area contributed by atoms with Gasteiger partial charge in [-0.1, -0.05) is 34.1 Å². The lowest BCUT2D eigenvalue weighted by molar-refractivity contribution is 0.101. The lowest BCUT2D eigenvalue weighted by Gasteiger charge is -2.28. The van der Waals surface area contributed by atoms with Crippen molar-refractivity contribution in [1.82, 2.24) is 0 Å². The van der Waals surface area contributed by atoms with Crippen LogP contribution in [0.15, 0.2) is 40.9 Å². The first-order valence-corrected chi connectivity index (χ1v) is 7.30. The van der Waals surface area contributed by atoms with Crippen LogP contribution < -0.4 is 4.74 Å². The molecule has 1 N–H and O–H groups in total.